The van der Waals surface area contributed by atoms with Gasteiger partial charge in [-0.1, -0.05) is 12.1 Å². The standard InChI is InChI=1S/C22H30N4O2/c1-5-26(6-2)22(28)23-14-10-16-15-8-7-9-18-20(15)17(21(24-18)13(3)27)11-19(16)25(4)12-14/h7-9,14,16,19,24H,5-6,10-12H2,1-4H3,(H,23,28)/t14-,16+,19+/m0/s1. The molecule has 2 N–H and O–H groups in total. The largest absolute Gasteiger partial charge is 0.352 e. The molecule has 0 saturated carbocycles. The van der Waals surface area contributed by atoms with Crippen LogP contribution in [-0.4, -0.2) is 65.4 Å². The summed E-state index contributed by atoms with van der Waals surface area (Å²) in [6.45, 7) is 7.92. The number of likely N-dealkylation sites (N-methyl/N-ethyl adjacent to an activating group) is 1. The Bertz CT molecular complexity index is 915. The second-order valence-electron chi connectivity index (χ2n) is 8.18. The van der Waals surface area contributed by atoms with Crippen molar-refractivity contribution in [1.29, 1.82) is 0 Å². The quantitative estimate of drug-likeness (QED) is 0.799. The average molecular weight is 383 g/mol. The van der Waals surface area contributed by atoms with E-state index in [1.54, 1.807) is 6.92 Å². The van der Waals surface area contributed by atoms with Crippen LogP contribution in [0.2, 0.25) is 0 Å². The van der Waals surface area contributed by atoms with Crippen LogP contribution in [0.1, 0.15) is 54.7 Å². The molecule has 1 aliphatic heterocycles. The van der Waals surface area contributed by atoms with E-state index in [2.05, 4.69) is 40.4 Å². The number of amides is 2. The highest BCUT2D eigenvalue weighted by Crippen LogP contribution is 2.44. The molecule has 2 aliphatic rings. The predicted molar refractivity (Wildman–Crippen MR) is 111 cm³/mol. The molecule has 1 aromatic carbocycles. The first-order valence-corrected chi connectivity index (χ1v) is 10.3. The lowest BCUT2D eigenvalue weighted by atomic mass is 9.73. The third kappa shape index (κ3) is 3.00. The molecular weight excluding hydrogens is 352 g/mol. The van der Waals surface area contributed by atoms with Crippen LogP contribution in [0.5, 0.6) is 0 Å². The number of benzene rings is 1. The van der Waals surface area contributed by atoms with Crippen LogP contribution in [0.25, 0.3) is 10.9 Å². The summed E-state index contributed by atoms with van der Waals surface area (Å²) < 4.78 is 0. The molecule has 1 saturated heterocycles. The molecule has 3 atom stereocenters. The minimum atomic E-state index is 0.0251. The van der Waals surface area contributed by atoms with Gasteiger partial charge in [-0.05, 0) is 50.9 Å². The highest BCUT2D eigenvalue weighted by Gasteiger charge is 2.41. The fraction of sp³-hybridized carbons (Fsp3) is 0.545. The van der Waals surface area contributed by atoms with Crippen LogP contribution >= 0.6 is 0 Å². The molecule has 0 unspecified atom stereocenters. The number of hydrogen-bond donors (Lipinski definition) is 2. The Morgan fingerprint density at radius 2 is 2.04 bits per heavy atom. The van der Waals surface area contributed by atoms with Crippen LogP contribution in [0.4, 0.5) is 4.79 Å². The van der Waals surface area contributed by atoms with Gasteiger partial charge in [-0.25, -0.2) is 4.79 Å². The lowest BCUT2D eigenvalue weighted by Gasteiger charge is -2.46. The summed E-state index contributed by atoms with van der Waals surface area (Å²) in [5.41, 5.74) is 4.28. The van der Waals surface area contributed by atoms with Gasteiger partial charge in [0.05, 0.1) is 5.69 Å². The molecule has 0 radical (unpaired) electrons. The Hall–Kier alpha value is -2.34. The Labute approximate surface area is 166 Å². The molecule has 6 heteroatoms. The van der Waals surface area contributed by atoms with Crippen LogP contribution < -0.4 is 5.32 Å². The second-order valence-corrected chi connectivity index (χ2v) is 8.18. The summed E-state index contributed by atoms with van der Waals surface area (Å²) in [6, 6.07) is 6.83. The Kier molecular flexibility index (Phi) is 4.91. The summed E-state index contributed by atoms with van der Waals surface area (Å²) >= 11 is 0. The van der Waals surface area contributed by atoms with Gasteiger partial charge in [0, 0.05) is 55.5 Å². The molecule has 2 amide bonds. The molecule has 0 spiro atoms. The number of aromatic nitrogens is 1. The van der Waals surface area contributed by atoms with Gasteiger partial charge in [0.25, 0.3) is 0 Å². The number of rotatable bonds is 4. The number of urea groups is 1. The third-order valence-electron chi connectivity index (χ3n) is 6.58. The molecular formula is C22H30N4O2. The average Bonchev–Trinajstić information content (AvgIpc) is 3.04. The van der Waals surface area contributed by atoms with E-state index < -0.39 is 0 Å². The number of nitrogens with one attached hydrogen (secondary N) is 2. The van der Waals surface area contributed by atoms with E-state index >= 15 is 0 Å². The summed E-state index contributed by atoms with van der Waals surface area (Å²) in [5, 5.41) is 4.47. The van der Waals surface area contributed by atoms with E-state index in [1.807, 2.05) is 18.7 Å². The Morgan fingerprint density at radius 1 is 1.29 bits per heavy atom. The molecule has 4 rings (SSSR count). The number of Topliss-reactive ketones (excluding diaryl/α,β-unsaturated/α-hetero) is 1. The summed E-state index contributed by atoms with van der Waals surface area (Å²) in [4.78, 5) is 32.3. The number of fused-ring (bicyclic) bond motifs is 2. The van der Waals surface area contributed by atoms with Crippen molar-refractivity contribution in [2.45, 2.75) is 51.6 Å². The van der Waals surface area contributed by atoms with Crippen molar-refractivity contribution in [3.05, 3.63) is 35.0 Å². The number of aromatic amines is 1. The van der Waals surface area contributed by atoms with E-state index in [1.165, 1.54) is 10.9 Å². The van der Waals surface area contributed by atoms with E-state index in [0.29, 0.717) is 12.0 Å². The van der Waals surface area contributed by atoms with Crippen LogP contribution in [-0.2, 0) is 6.42 Å². The van der Waals surface area contributed by atoms with Crippen LogP contribution in [0, 0.1) is 0 Å². The number of carbonyl (C=O) groups is 2. The number of nitrogens with zero attached hydrogens (tertiary/aromatic N) is 2. The Balaban J connectivity index is 1.67. The highest BCUT2D eigenvalue weighted by molar-refractivity contribution is 6.02. The predicted octanol–water partition coefficient (Wildman–Crippen LogP) is 3.13. The maximum Gasteiger partial charge on any atom is 0.317 e. The third-order valence-corrected chi connectivity index (χ3v) is 6.58. The summed E-state index contributed by atoms with van der Waals surface area (Å²) in [5.74, 6) is 0.450. The monoisotopic (exact) mass is 382 g/mol. The molecule has 28 heavy (non-hydrogen) atoms. The summed E-state index contributed by atoms with van der Waals surface area (Å²) in [6.07, 6.45) is 1.81. The zero-order valence-corrected chi connectivity index (χ0v) is 17.2. The van der Waals surface area contributed by atoms with Crippen molar-refractivity contribution >= 4 is 22.7 Å². The number of ketones is 1. The second kappa shape index (κ2) is 7.24. The first-order valence-electron chi connectivity index (χ1n) is 10.3. The molecule has 1 aliphatic carbocycles. The van der Waals surface area contributed by atoms with Crippen molar-refractivity contribution in [3.8, 4) is 0 Å². The fourth-order valence-electron chi connectivity index (χ4n) is 5.21. The van der Waals surface area contributed by atoms with Gasteiger partial charge < -0.3 is 20.1 Å². The van der Waals surface area contributed by atoms with Crippen molar-refractivity contribution in [2.75, 3.05) is 26.7 Å². The first kappa shape index (κ1) is 19.0. The molecule has 2 aromatic rings. The maximum absolute atomic E-state index is 12.6. The normalized spacial score (nSPS) is 24.1. The van der Waals surface area contributed by atoms with Gasteiger partial charge in [0.15, 0.2) is 5.78 Å². The molecule has 2 heterocycles. The minimum Gasteiger partial charge on any atom is -0.352 e. The zero-order chi connectivity index (χ0) is 20.0. The van der Waals surface area contributed by atoms with Crippen LogP contribution in [0.15, 0.2) is 18.2 Å². The molecule has 150 valence electrons. The van der Waals surface area contributed by atoms with Gasteiger partial charge in [0.1, 0.15) is 0 Å². The summed E-state index contributed by atoms with van der Waals surface area (Å²) in [7, 11) is 2.14. The minimum absolute atomic E-state index is 0.0251. The molecule has 6 nitrogen and oxygen atoms in total. The van der Waals surface area contributed by atoms with Crippen molar-refractivity contribution < 1.29 is 9.59 Å². The van der Waals surface area contributed by atoms with E-state index in [4.69, 9.17) is 0 Å². The molecule has 1 fully saturated rings. The molecule has 1 aromatic heterocycles. The first-order chi connectivity index (χ1) is 13.4. The van der Waals surface area contributed by atoms with E-state index in [-0.39, 0.29) is 17.9 Å². The van der Waals surface area contributed by atoms with Gasteiger partial charge in [-0.15, -0.1) is 0 Å². The molecule has 0 bridgehead atoms. The number of hydrogen-bond acceptors (Lipinski definition) is 3. The van der Waals surface area contributed by atoms with Gasteiger partial charge in [-0.2, -0.15) is 0 Å². The van der Waals surface area contributed by atoms with Gasteiger partial charge in [0.2, 0.25) is 0 Å². The highest BCUT2D eigenvalue weighted by atomic mass is 16.2. The zero-order valence-electron chi connectivity index (χ0n) is 17.2. The number of likely N-dealkylation sites (tertiary alicyclic amines) is 1. The number of piperidine rings is 1. The van der Waals surface area contributed by atoms with E-state index in [9.17, 15) is 9.59 Å². The van der Waals surface area contributed by atoms with Crippen molar-refractivity contribution in [3.63, 3.8) is 0 Å². The Morgan fingerprint density at radius 3 is 2.71 bits per heavy atom. The number of carbonyl (C=O) groups excluding carboxylic acids is 2. The lowest BCUT2D eigenvalue weighted by molar-refractivity contribution is 0.100. The van der Waals surface area contributed by atoms with Crippen LogP contribution in [0.3, 0.4) is 0 Å². The van der Waals surface area contributed by atoms with Crippen molar-refractivity contribution in [1.82, 2.24) is 20.1 Å². The van der Waals surface area contributed by atoms with Gasteiger partial charge in [-0.3, -0.25) is 4.79 Å². The topological polar surface area (TPSA) is 68.4 Å². The fourth-order valence-corrected chi connectivity index (χ4v) is 5.21. The maximum atomic E-state index is 12.6. The lowest BCUT2D eigenvalue weighted by Crippen LogP contribution is -2.56. The van der Waals surface area contributed by atoms with Crippen molar-refractivity contribution in [2.24, 2.45) is 0 Å². The van der Waals surface area contributed by atoms with E-state index in [0.717, 1.165) is 49.2 Å². The van der Waals surface area contributed by atoms with Gasteiger partial charge >= 0.3 is 6.03 Å². The SMILES string of the molecule is CCN(CC)C(=O)N[C@H]1C[C@@H]2c3cccc4[nH]c(C(C)=O)c(c34)C[C@H]2N(C)C1. The smallest absolute Gasteiger partial charge is 0.317 e. The number of H-pyrrole nitrogens is 1.